The van der Waals surface area contributed by atoms with Crippen molar-refractivity contribution in [3.63, 3.8) is 0 Å². The minimum Gasteiger partial charge on any atom is -0.504 e. The summed E-state index contributed by atoms with van der Waals surface area (Å²) >= 11 is 0. The zero-order valence-electron chi connectivity index (χ0n) is 18.1. The second-order valence-electron chi connectivity index (χ2n) is 7.73. The number of hydrogen-bond donors (Lipinski definition) is 2. The second kappa shape index (κ2) is 9.96. The summed E-state index contributed by atoms with van der Waals surface area (Å²) in [4.78, 5) is 38.2. The molecule has 0 aliphatic carbocycles. The number of carbonyl (C=O) groups is 3. The van der Waals surface area contributed by atoms with Crippen LogP contribution in [0.5, 0.6) is 0 Å². The highest BCUT2D eigenvalue weighted by atomic mass is 16.6. The molecule has 0 aromatic heterocycles. The van der Waals surface area contributed by atoms with Gasteiger partial charge in [0.2, 0.25) is 0 Å². The van der Waals surface area contributed by atoms with Crippen LogP contribution in [0.4, 0.5) is 0 Å². The molecule has 2 N–H and O–H groups in total. The molecule has 1 heterocycles. The summed E-state index contributed by atoms with van der Waals surface area (Å²) in [5, 5.41) is 13.6. The number of nitrogens with one attached hydrogen (secondary N) is 1. The van der Waals surface area contributed by atoms with E-state index in [2.05, 4.69) is 5.32 Å². The van der Waals surface area contributed by atoms with Crippen molar-refractivity contribution in [1.82, 2.24) is 5.32 Å². The van der Waals surface area contributed by atoms with E-state index in [0.29, 0.717) is 17.5 Å². The van der Waals surface area contributed by atoms with E-state index in [-0.39, 0.29) is 22.8 Å². The first-order valence-electron chi connectivity index (χ1n) is 10.2. The van der Waals surface area contributed by atoms with Gasteiger partial charge in [0.05, 0.1) is 12.7 Å². The lowest BCUT2D eigenvalue weighted by Gasteiger charge is -2.20. The molecule has 2 aromatic carbocycles. The fourth-order valence-electron chi connectivity index (χ4n) is 3.46. The number of ether oxygens (including phenoxy) is 2. The van der Waals surface area contributed by atoms with Crippen LogP contribution in [0.25, 0.3) is 11.1 Å². The molecule has 7 nitrogen and oxygen atoms in total. The van der Waals surface area contributed by atoms with Crippen LogP contribution in [0.15, 0.2) is 72.2 Å². The Bertz CT molecular complexity index is 1070. The lowest BCUT2D eigenvalue weighted by atomic mass is 9.99. The SMILES string of the molecule is COC(=O)[C@H](CC(C)C)NC(=O)/C(=C1/OC(=O)C(c2ccccc2)=C1O)c1ccccc1. The van der Waals surface area contributed by atoms with Crippen LogP contribution in [-0.4, -0.2) is 36.1 Å². The highest BCUT2D eigenvalue weighted by molar-refractivity contribution is 6.26. The van der Waals surface area contributed by atoms with E-state index in [1.807, 2.05) is 13.8 Å². The lowest BCUT2D eigenvalue weighted by molar-refractivity contribution is -0.145. The number of cyclic esters (lactones) is 1. The Morgan fingerprint density at radius 3 is 2.19 bits per heavy atom. The molecule has 166 valence electrons. The standard InChI is InChI=1S/C25H25NO6/c1-15(2)14-18(24(29)31-3)26-23(28)20(17-12-8-5-9-13-17)22-21(27)19(25(30)32-22)16-10-6-4-7-11-16/h4-13,15,18,27H,14H2,1-3H3,(H,26,28)/b22-20+/t18-/m0/s1. The van der Waals surface area contributed by atoms with Crippen molar-refractivity contribution in [2.24, 2.45) is 5.92 Å². The van der Waals surface area contributed by atoms with Crippen molar-refractivity contribution in [2.75, 3.05) is 7.11 Å². The van der Waals surface area contributed by atoms with E-state index >= 15 is 0 Å². The monoisotopic (exact) mass is 435 g/mol. The number of aliphatic hydroxyl groups is 1. The van der Waals surface area contributed by atoms with Gasteiger partial charge in [-0.25, -0.2) is 9.59 Å². The van der Waals surface area contributed by atoms with Crippen LogP contribution in [0.2, 0.25) is 0 Å². The Morgan fingerprint density at radius 2 is 1.62 bits per heavy atom. The average molecular weight is 435 g/mol. The van der Waals surface area contributed by atoms with Gasteiger partial charge in [0.15, 0.2) is 11.5 Å². The van der Waals surface area contributed by atoms with Crippen molar-refractivity contribution in [3.05, 3.63) is 83.3 Å². The van der Waals surface area contributed by atoms with Crippen LogP contribution in [-0.2, 0) is 23.9 Å². The maximum Gasteiger partial charge on any atom is 0.348 e. The molecule has 0 unspecified atom stereocenters. The zero-order chi connectivity index (χ0) is 23.3. The van der Waals surface area contributed by atoms with Crippen LogP contribution in [0.3, 0.4) is 0 Å². The summed E-state index contributed by atoms with van der Waals surface area (Å²) in [7, 11) is 1.25. The van der Waals surface area contributed by atoms with Crippen molar-refractivity contribution >= 4 is 29.0 Å². The largest absolute Gasteiger partial charge is 0.504 e. The third-order valence-electron chi connectivity index (χ3n) is 4.93. The summed E-state index contributed by atoms with van der Waals surface area (Å²) in [6.45, 7) is 3.83. The van der Waals surface area contributed by atoms with E-state index in [1.165, 1.54) is 7.11 Å². The Hall–Kier alpha value is -3.87. The molecule has 3 rings (SSSR count). The van der Waals surface area contributed by atoms with Crippen LogP contribution in [0, 0.1) is 5.92 Å². The number of aliphatic hydroxyl groups excluding tert-OH is 1. The fourth-order valence-corrected chi connectivity index (χ4v) is 3.46. The Morgan fingerprint density at radius 1 is 1.03 bits per heavy atom. The Kier molecular flexibility index (Phi) is 7.10. The van der Waals surface area contributed by atoms with Crippen molar-refractivity contribution in [1.29, 1.82) is 0 Å². The normalized spacial score (nSPS) is 15.9. The molecule has 7 heteroatoms. The second-order valence-corrected chi connectivity index (χ2v) is 7.73. The van der Waals surface area contributed by atoms with E-state index in [1.54, 1.807) is 60.7 Å². The number of rotatable bonds is 7. The summed E-state index contributed by atoms with van der Waals surface area (Å²) < 4.78 is 10.2. The quantitative estimate of drug-likeness (QED) is 0.509. The molecule has 0 radical (unpaired) electrons. The molecule has 1 atom stereocenters. The van der Waals surface area contributed by atoms with Gasteiger partial charge in [-0.1, -0.05) is 74.5 Å². The van der Waals surface area contributed by atoms with Gasteiger partial charge in [-0.15, -0.1) is 0 Å². The van der Waals surface area contributed by atoms with Gasteiger partial charge in [0, 0.05) is 0 Å². The Labute approximate surface area is 186 Å². The highest BCUT2D eigenvalue weighted by Crippen LogP contribution is 2.36. The maximum atomic E-state index is 13.3. The van der Waals surface area contributed by atoms with Crippen molar-refractivity contribution in [3.8, 4) is 0 Å². The fraction of sp³-hybridized carbons (Fsp3) is 0.240. The molecule has 1 amide bonds. The minimum atomic E-state index is -0.899. The average Bonchev–Trinajstić information content (AvgIpc) is 3.07. The van der Waals surface area contributed by atoms with Gasteiger partial charge in [-0.2, -0.15) is 0 Å². The zero-order valence-corrected chi connectivity index (χ0v) is 18.1. The topological polar surface area (TPSA) is 102 Å². The van der Waals surface area contributed by atoms with E-state index in [9.17, 15) is 19.5 Å². The van der Waals surface area contributed by atoms with E-state index < -0.39 is 29.6 Å². The summed E-state index contributed by atoms with van der Waals surface area (Å²) in [5.74, 6) is -2.61. The molecule has 0 saturated heterocycles. The molecular weight excluding hydrogens is 410 g/mol. The Balaban J connectivity index is 2.10. The van der Waals surface area contributed by atoms with Crippen LogP contribution >= 0.6 is 0 Å². The molecule has 1 aliphatic heterocycles. The number of methoxy groups -OCH3 is 1. The lowest BCUT2D eigenvalue weighted by Crippen LogP contribution is -2.43. The van der Waals surface area contributed by atoms with Crippen molar-refractivity contribution < 1.29 is 29.0 Å². The molecule has 0 spiro atoms. The van der Waals surface area contributed by atoms with Gasteiger partial charge in [0.25, 0.3) is 5.91 Å². The predicted octanol–water partition coefficient (Wildman–Crippen LogP) is 3.63. The van der Waals surface area contributed by atoms with Gasteiger partial charge in [-0.05, 0) is 23.5 Å². The first kappa shape index (κ1) is 22.8. The van der Waals surface area contributed by atoms with Gasteiger partial charge in [-0.3, -0.25) is 4.79 Å². The molecule has 0 fully saturated rings. The van der Waals surface area contributed by atoms with Gasteiger partial charge in [0.1, 0.15) is 11.6 Å². The van der Waals surface area contributed by atoms with E-state index in [4.69, 9.17) is 9.47 Å². The minimum absolute atomic E-state index is 0.0338. The molecule has 0 bridgehead atoms. The smallest absolute Gasteiger partial charge is 0.348 e. The number of carbonyl (C=O) groups excluding carboxylic acids is 3. The first-order chi connectivity index (χ1) is 15.3. The molecule has 0 saturated carbocycles. The molecule has 1 aliphatic rings. The van der Waals surface area contributed by atoms with Crippen LogP contribution in [0.1, 0.15) is 31.4 Å². The number of amides is 1. The summed E-state index contributed by atoms with van der Waals surface area (Å²) in [6.07, 6.45) is 0.354. The number of benzene rings is 2. The van der Waals surface area contributed by atoms with E-state index in [0.717, 1.165) is 0 Å². The third-order valence-corrected chi connectivity index (χ3v) is 4.93. The molecule has 32 heavy (non-hydrogen) atoms. The number of hydrogen-bond acceptors (Lipinski definition) is 6. The predicted molar refractivity (Wildman–Crippen MR) is 119 cm³/mol. The van der Waals surface area contributed by atoms with Gasteiger partial charge >= 0.3 is 11.9 Å². The maximum absolute atomic E-state index is 13.3. The first-order valence-corrected chi connectivity index (χ1v) is 10.2. The van der Waals surface area contributed by atoms with Crippen molar-refractivity contribution in [2.45, 2.75) is 26.3 Å². The third kappa shape index (κ3) is 4.88. The summed E-state index contributed by atoms with van der Waals surface area (Å²) in [6, 6.07) is 16.2. The molecule has 2 aromatic rings. The number of esters is 2. The molecular formula is C25H25NO6. The summed E-state index contributed by atoms with van der Waals surface area (Å²) in [5.41, 5.74) is 0.792. The highest BCUT2D eigenvalue weighted by Gasteiger charge is 2.36. The van der Waals surface area contributed by atoms with Gasteiger partial charge < -0.3 is 19.9 Å². The van der Waals surface area contributed by atoms with Crippen LogP contribution < -0.4 is 5.32 Å².